The molecule has 124 valence electrons. The van der Waals surface area contributed by atoms with E-state index in [2.05, 4.69) is 33.0 Å². The summed E-state index contributed by atoms with van der Waals surface area (Å²) in [7, 11) is 0. The average Bonchev–Trinajstić information content (AvgIpc) is 2.71. The first-order valence-electron chi connectivity index (χ1n) is 8.21. The van der Waals surface area contributed by atoms with Crippen LogP contribution < -0.4 is 5.32 Å². The number of nitrogens with one attached hydrogen (secondary N) is 1. The van der Waals surface area contributed by atoms with Crippen molar-refractivity contribution in [1.82, 2.24) is 10.2 Å². The van der Waals surface area contributed by atoms with Crippen molar-refractivity contribution in [2.75, 3.05) is 13.1 Å². The van der Waals surface area contributed by atoms with Crippen LogP contribution >= 0.6 is 0 Å². The van der Waals surface area contributed by atoms with Gasteiger partial charge in [0.05, 0.1) is 0 Å². The van der Waals surface area contributed by atoms with Gasteiger partial charge in [0.1, 0.15) is 5.60 Å². The monoisotopic (exact) mass is 298 g/mol. The molecule has 0 bridgehead atoms. The Hall–Kier alpha value is -0.770. The highest BCUT2D eigenvalue weighted by Gasteiger charge is 2.32. The van der Waals surface area contributed by atoms with Crippen LogP contribution in [0, 0.1) is 5.41 Å². The summed E-state index contributed by atoms with van der Waals surface area (Å²) in [5.41, 5.74) is -0.130. The van der Waals surface area contributed by atoms with Crippen LogP contribution in [0.4, 0.5) is 4.79 Å². The third-order valence-corrected chi connectivity index (χ3v) is 3.61. The van der Waals surface area contributed by atoms with Gasteiger partial charge in [-0.05, 0) is 52.4 Å². The van der Waals surface area contributed by atoms with Crippen LogP contribution in [0.1, 0.15) is 67.7 Å². The molecule has 0 saturated carbocycles. The van der Waals surface area contributed by atoms with E-state index in [1.165, 1.54) is 0 Å². The van der Waals surface area contributed by atoms with Crippen molar-refractivity contribution < 1.29 is 9.53 Å². The van der Waals surface area contributed by atoms with Crippen molar-refractivity contribution in [3.05, 3.63) is 0 Å². The molecule has 1 aliphatic rings. The number of likely N-dealkylation sites (tertiary alicyclic amines) is 1. The van der Waals surface area contributed by atoms with Gasteiger partial charge in [0.15, 0.2) is 0 Å². The fourth-order valence-corrected chi connectivity index (χ4v) is 2.61. The van der Waals surface area contributed by atoms with Gasteiger partial charge in [-0.25, -0.2) is 4.79 Å². The quantitative estimate of drug-likeness (QED) is 0.858. The molecule has 1 rings (SSSR count). The first kappa shape index (κ1) is 18.3. The van der Waals surface area contributed by atoms with Gasteiger partial charge in [0, 0.05) is 25.2 Å². The Morgan fingerprint density at radius 3 is 2.43 bits per heavy atom. The number of ether oxygens (including phenoxy) is 1. The van der Waals surface area contributed by atoms with E-state index in [0.717, 1.165) is 32.4 Å². The molecule has 0 aromatic heterocycles. The third-order valence-electron chi connectivity index (χ3n) is 3.61. The highest BCUT2D eigenvalue weighted by molar-refractivity contribution is 5.68. The molecule has 21 heavy (non-hydrogen) atoms. The van der Waals surface area contributed by atoms with Gasteiger partial charge < -0.3 is 15.0 Å². The van der Waals surface area contributed by atoms with Crippen LogP contribution in [0.15, 0.2) is 0 Å². The zero-order valence-electron chi connectivity index (χ0n) is 15.0. The second-order valence-corrected chi connectivity index (χ2v) is 8.55. The minimum Gasteiger partial charge on any atom is -0.444 e. The van der Waals surface area contributed by atoms with Crippen molar-refractivity contribution in [2.24, 2.45) is 5.41 Å². The summed E-state index contributed by atoms with van der Waals surface area (Å²) in [6.07, 6.45) is 3.00. The summed E-state index contributed by atoms with van der Waals surface area (Å²) in [6, 6.07) is 0.722. The van der Waals surface area contributed by atoms with Gasteiger partial charge in [-0.2, -0.15) is 0 Å². The molecule has 0 aromatic rings. The first-order chi connectivity index (χ1) is 9.48. The summed E-state index contributed by atoms with van der Waals surface area (Å²) in [5.74, 6) is 0. The van der Waals surface area contributed by atoms with Crippen molar-refractivity contribution in [3.8, 4) is 0 Å². The summed E-state index contributed by atoms with van der Waals surface area (Å²) in [6.45, 7) is 16.5. The van der Waals surface area contributed by atoms with E-state index in [1.807, 2.05) is 25.7 Å². The van der Waals surface area contributed by atoms with E-state index < -0.39 is 5.60 Å². The third kappa shape index (κ3) is 7.16. The van der Waals surface area contributed by atoms with Crippen molar-refractivity contribution in [2.45, 2.75) is 85.4 Å². The van der Waals surface area contributed by atoms with Gasteiger partial charge in [-0.1, -0.05) is 20.8 Å². The molecule has 2 atom stereocenters. The molecule has 4 nitrogen and oxygen atoms in total. The standard InChI is InChI=1S/C17H34N2O2/c1-13(18-12-16(2,3)4)11-14-9-8-10-19(14)15(20)21-17(5,6)7/h13-14,18H,8-12H2,1-7H3. The maximum absolute atomic E-state index is 12.3. The SMILES string of the molecule is CC(CC1CCCN1C(=O)OC(C)(C)C)NCC(C)(C)C. The maximum Gasteiger partial charge on any atom is 0.410 e. The molecule has 1 N–H and O–H groups in total. The molecule has 0 radical (unpaired) electrons. The Balaban J connectivity index is 2.48. The highest BCUT2D eigenvalue weighted by atomic mass is 16.6. The number of carbonyl (C=O) groups is 1. The lowest BCUT2D eigenvalue weighted by Gasteiger charge is -2.31. The van der Waals surface area contributed by atoms with E-state index in [-0.39, 0.29) is 11.5 Å². The number of rotatable bonds is 4. The molecular weight excluding hydrogens is 264 g/mol. The van der Waals surface area contributed by atoms with Crippen LogP contribution in [0.5, 0.6) is 0 Å². The minimum atomic E-state index is -0.416. The Bertz CT molecular complexity index is 342. The smallest absolute Gasteiger partial charge is 0.410 e. The number of hydrogen-bond donors (Lipinski definition) is 1. The molecule has 1 heterocycles. The number of hydrogen-bond acceptors (Lipinski definition) is 3. The minimum absolute atomic E-state index is 0.159. The van der Waals surface area contributed by atoms with Gasteiger partial charge in [0.25, 0.3) is 0 Å². The van der Waals surface area contributed by atoms with Gasteiger partial charge in [-0.15, -0.1) is 0 Å². The Morgan fingerprint density at radius 1 is 1.29 bits per heavy atom. The second kappa shape index (κ2) is 6.99. The number of carbonyl (C=O) groups excluding carboxylic acids is 1. The van der Waals surface area contributed by atoms with Crippen molar-refractivity contribution in [3.63, 3.8) is 0 Å². The van der Waals surface area contributed by atoms with E-state index >= 15 is 0 Å². The largest absolute Gasteiger partial charge is 0.444 e. The molecular formula is C17H34N2O2. The van der Waals surface area contributed by atoms with E-state index in [1.54, 1.807) is 0 Å². The van der Waals surface area contributed by atoms with E-state index in [9.17, 15) is 4.79 Å². The average molecular weight is 298 g/mol. The lowest BCUT2D eigenvalue weighted by Crippen LogP contribution is -2.43. The zero-order chi connectivity index (χ0) is 16.3. The predicted molar refractivity (Wildman–Crippen MR) is 87.5 cm³/mol. The molecule has 1 amide bonds. The van der Waals surface area contributed by atoms with Crippen molar-refractivity contribution in [1.29, 1.82) is 0 Å². The van der Waals surface area contributed by atoms with Gasteiger partial charge in [0.2, 0.25) is 0 Å². The summed E-state index contributed by atoms with van der Waals surface area (Å²) in [4.78, 5) is 14.2. The normalized spacial score (nSPS) is 21.5. The molecule has 2 unspecified atom stereocenters. The predicted octanol–water partition coefficient (Wildman–Crippen LogP) is 3.80. The van der Waals surface area contributed by atoms with E-state index in [4.69, 9.17) is 4.74 Å². The molecule has 1 saturated heterocycles. The molecule has 0 aromatic carbocycles. The number of amides is 1. The Morgan fingerprint density at radius 2 is 1.90 bits per heavy atom. The fraction of sp³-hybridized carbons (Fsp3) is 0.941. The second-order valence-electron chi connectivity index (χ2n) is 8.55. The van der Waals surface area contributed by atoms with Gasteiger partial charge >= 0.3 is 6.09 Å². The number of nitrogens with zero attached hydrogens (tertiary/aromatic N) is 1. The molecule has 1 aliphatic heterocycles. The first-order valence-corrected chi connectivity index (χ1v) is 8.21. The lowest BCUT2D eigenvalue weighted by atomic mass is 9.96. The summed E-state index contributed by atoms with van der Waals surface area (Å²) < 4.78 is 5.51. The van der Waals surface area contributed by atoms with Crippen LogP contribution in [-0.2, 0) is 4.74 Å². The maximum atomic E-state index is 12.3. The molecule has 1 fully saturated rings. The highest BCUT2D eigenvalue weighted by Crippen LogP contribution is 2.24. The van der Waals surface area contributed by atoms with Crippen molar-refractivity contribution >= 4 is 6.09 Å². The topological polar surface area (TPSA) is 41.6 Å². The Labute approximate surface area is 130 Å². The fourth-order valence-electron chi connectivity index (χ4n) is 2.61. The van der Waals surface area contributed by atoms with Crippen LogP contribution in [0.25, 0.3) is 0 Å². The Kier molecular flexibility index (Phi) is 6.09. The van der Waals surface area contributed by atoms with Crippen LogP contribution in [0.3, 0.4) is 0 Å². The molecule has 0 spiro atoms. The summed E-state index contributed by atoms with van der Waals surface area (Å²) >= 11 is 0. The van der Waals surface area contributed by atoms with Crippen LogP contribution in [0.2, 0.25) is 0 Å². The summed E-state index contributed by atoms with van der Waals surface area (Å²) in [5, 5.41) is 3.58. The molecule has 4 heteroatoms. The van der Waals surface area contributed by atoms with E-state index in [0.29, 0.717) is 12.1 Å². The zero-order valence-corrected chi connectivity index (χ0v) is 15.0. The lowest BCUT2D eigenvalue weighted by molar-refractivity contribution is 0.0214. The molecule has 0 aliphatic carbocycles. The van der Waals surface area contributed by atoms with Gasteiger partial charge in [-0.3, -0.25) is 0 Å². The van der Waals surface area contributed by atoms with Crippen LogP contribution in [-0.4, -0.2) is 41.8 Å².